The van der Waals surface area contributed by atoms with Crippen molar-refractivity contribution in [2.75, 3.05) is 5.32 Å². The van der Waals surface area contributed by atoms with Crippen LogP contribution >= 0.6 is 11.3 Å². The van der Waals surface area contributed by atoms with Gasteiger partial charge in [0.2, 0.25) is 5.91 Å². The highest BCUT2D eigenvalue weighted by Crippen LogP contribution is 2.41. The van der Waals surface area contributed by atoms with Gasteiger partial charge in [0.1, 0.15) is 5.00 Å². The van der Waals surface area contributed by atoms with Crippen LogP contribution in [0.4, 0.5) is 5.00 Å². The van der Waals surface area contributed by atoms with Gasteiger partial charge in [-0.15, -0.1) is 11.3 Å². The van der Waals surface area contributed by atoms with Crippen molar-refractivity contribution < 1.29 is 19.5 Å². The second kappa shape index (κ2) is 8.17. The highest BCUT2D eigenvalue weighted by molar-refractivity contribution is 7.17. The van der Waals surface area contributed by atoms with Crippen LogP contribution < -0.4 is 10.6 Å². The van der Waals surface area contributed by atoms with Gasteiger partial charge in [-0.2, -0.15) is 0 Å². The molecule has 162 valence electrons. The zero-order valence-corrected chi connectivity index (χ0v) is 18.7. The summed E-state index contributed by atoms with van der Waals surface area (Å²) < 4.78 is 0. The number of carbonyl (C=O) groups excluding carboxylic acids is 2. The molecule has 4 rings (SSSR count). The molecule has 0 aromatic carbocycles. The maximum Gasteiger partial charge on any atom is 0.307 e. The number of hydrogen-bond acceptors (Lipinski definition) is 4. The van der Waals surface area contributed by atoms with Crippen LogP contribution in [0.1, 0.15) is 73.7 Å². The number of carbonyl (C=O) groups is 3. The molecule has 1 fully saturated rings. The maximum atomic E-state index is 13.2. The molecule has 2 amide bonds. The molecule has 1 aromatic rings. The number of fused-ring (bicyclic) bond motifs is 1. The minimum atomic E-state index is -0.937. The van der Waals surface area contributed by atoms with Gasteiger partial charge in [0, 0.05) is 10.9 Å². The van der Waals surface area contributed by atoms with Gasteiger partial charge in [-0.05, 0) is 70.3 Å². The molecule has 3 aliphatic rings. The van der Waals surface area contributed by atoms with Crippen molar-refractivity contribution in [2.45, 2.75) is 71.8 Å². The Morgan fingerprint density at radius 3 is 2.30 bits per heavy atom. The fourth-order valence-electron chi connectivity index (χ4n) is 4.60. The zero-order valence-electron chi connectivity index (χ0n) is 17.8. The summed E-state index contributed by atoms with van der Waals surface area (Å²) in [5.41, 5.74) is 3.81. The first-order valence-corrected chi connectivity index (χ1v) is 11.7. The summed E-state index contributed by atoms with van der Waals surface area (Å²) in [6, 6.07) is 0.240. The van der Waals surface area contributed by atoms with Gasteiger partial charge in [0.05, 0.1) is 17.4 Å². The number of nitrogens with one attached hydrogen (secondary N) is 2. The van der Waals surface area contributed by atoms with E-state index in [1.54, 1.807) is 0 Å². The van der Waals surface area contributed by atoms with Crippen molar-refractivity contribution in [1.29, 1.82) is 0 Å². The third-order valence-electron chi connectivity index (χ3n) is 6.81. The fourth-order valence-corrected chi connectivity index (χ4v) is 6.01. The summed E-state index contributed by atoms with van der Waals surface area (Å²) in [6.07, 6.45) is 5.65. The minimum absolute atomic E-state index is 0.106. The normalized spacial score (nSPS) is 26.2. The number of carboxylic acids is 1. The monoisotopic (exact) mass is 430 g/mol. The summed E-state index contributed by atoms with van der Waals surface area (Å²) in [5.74, 6) is -2.13. The first-order valence-electron chi connectivity index (χ1n) is 10.9. The largest absolute Gasteiger partial charge is 0.481 e. The summed E-state index contributed by atoms with van der Waals surface area (Å²) in [5, 5.41) is 16.3. The van der Waals surface area contributed by atoms with Crippen LogP contribution in [0.15, 0.2) is 11.1 Å². The predicted octanol–water partition coefficient (Wildman–Crippen LogP) is 4.15. The lowest BCUT2D eigenvalue weighted by Gasteiger charge is -2.29. The number of amides is 2. The molecule has 0 spiro atoms. The van der Waals surface area contributed by atoms with E-state index < -0.39 is 17.8 Å². The van der Waals surface area contributed by atoms with E-state index in [4.69, 9.17) is 0 Å². The average Bonchev–Trinajstić information content (AvgIpc) is 3.42. The van der Waals surface area contributed by atoms with E-state index in [1.807, 2.05) is 13.8 Å². The van der Waals surface area contributed by atoms with Gasteiger partial charge < -0.3 is 15.7 Å². The predicted molar refractivity (Wildman–Crippen MR) is 117 cm³/mol. The second-order valence-corrected chi connectivity index (χ2v) is 10.4. The smallest absolute Gasteiger partial charge is 0.307 e. The fraction of sp³-hybridized carbons (Fsp3) is 0.609. The van der Waals surface area contributed by atoms with Crippen LogP contribution in [0.2, 0.25) is 0 Å². The summed E-state index contributed by atoms with van der Waals surface area (Å²) in [4.78, 5) is 39.2. The Morgan fingerprint density at radius 1 is 1.00 bits per heavy atom. The van der Waals surface area contributed by atoms with E-state index >= 15 is 0 Å². The van der Waals surface area contributed by atoms with E-state index in [2.05, 4.69) is 17.6 Å². The summed E-state index contributed by atoms with van der Waals surface area (Å²) in [6.45, 7) is 6.11. The molecule has 0 bridgehead atoms. The molecule has 3 atom stereocenters. The Kier molecular flexibility index (Phi) is 5.75. The van der Waals surface area contributed by atoms with E-state index in [0.29, 0.717) is 29.3 Å². The molecule has 3 N–H and O–H groups in total. The molecule has 6 nitrogen and oxygen atoms in total. The van der Waals surface area contributed by atoms with Gasteiger partial charge in [0.15, 0.2) is 0 Å². The lowest BCUT2D eigenvalue weighted by Crippen LogP contribution is -2.37. The van der Waals surface area contributed by atoms with Crippen LogP contribution in [0.3, 0.4) is 0 Å². The molecule has 1 saturated carbocycles. The summed E-state index contributed by atoms with van der Waals surface area (Å²) in [7, 11) is 0. The molecule has 3 unspecified atom stereocenters. The highest BCUT2D eigenvalue weighted by atomic mass is 32.1. The number of carboxylic acid groups (broad SMARTS) is 1. The van der Waals surface area contributed by atoms with E-state index in [0.717, 1.165) is 48.8 Å². The second-order valence-electron chi connectivity index (χ2n) is 9.31. The third-order valence-corrected chi connectivity index (χ3v) is 7.98. The van der Waals surface area contributed by atoms with E-state index in [1.165, 1.54) is 16.2 Å². The van der Waals surface area contributed by atoms with Crippen molar-refractivity contribution in [2.24, 2.45) is 17.8 Å². The SMILES string of the molecule is CC1=C(C)CC(C(=O)Nc2sc3c(c2C(=O)NC2CC2)CCC(C)C3)C(C(=O)O)C1. The van der Waals surface area contributed by atoms with Crippen LogP contribution in [0, 0.1) is 17.8 Å². The number of hydrogen-bond donors (Lipinski definition) is 3. The lowest BCUT2D eigenvalue weighted by molar-refractivity contribution is -0.146. The molecule has 1 heterocycles. The zero-order chi connectivity index (χ0) is 21.6. The first-order chi connectivity index (χ1) is 14.2. The Bertz CT molecular complexity index is 928. The molecule has 0 aliphatic heterocycles. The minimum Gasteiger partial charge on any atom is -0.481 e. The van der Waals surface area contributed by atoms with E-state index in [-0.39, 0.29) is 17.9 Å². The number of anilines is 1. The topological polar surface area (TPSA) is 95.5 Å². The standard InChI is InChI=1S/C23H30N2O4S/c1-11-4-7-15-18(8-11)30-22(19(15)21(27)24-14-5-6-14)25-20(26)16-9-12(2)13(3)10-17(16)23(28)29/h11,14,16-17H,4-10H2,1-3H3,(H,24,27)(H,25,26)(H,28,29). The van der Waals surface area contributed by atoms with Crippen LogP contribution in [0.5, 0.6) is 0 Å². The molecular formula is C23H30N2O4S. The van der Waals surface area contributed by atoms with E-state index in [9.17, 15) is 19.5 Å². The highest BCUT2D eigenvalue weighted by Gasteiger charge is 2.38. The molecular weight excluding hydrogens is 400 g/mol. The number of thiophene rings is 1. The Hall–Kier alpha value is -2.15. The van der Waals surface area contributed by atoms with Crippen molar-refractivity contribution in [3.63, 3.8) is 0 Å². The molecule has 0 saturated heterocycles. The Balaban J connectivity index is 1.62. The van der Waals surface area contributed by atoms with Crippen LogP contribution in [0.25, 0.3) is 0 Å². The number of aliphatic carboxylic acids is 1. The van der Waals surface area contributed by atoms with Gasteiger partial charge in [-0.3, -0.25) is 14.4 Å². The van der Waals surface area contributed by atoms with Gasteiger partial charge in [-0.1, -0.05) is 18.1 Å². The first kappa shape index (κ1) is 21.1. The van der Waals surface area contributed by atoms with Gasteiger partial charge in [0.25, 0.3) is 5.91 Å². The average molecular weight is 431 g/mol. The molecule has 7 heteroatoms. The number of allylic oxidation sites excluding steroid dienone is 2. The van der Waals surface area contributed by atoms with Gasteiger partial charge >= 0.3 is 5.97 Å². The molecule has 1 aromatic heterocycles. The number of rotatable bonds is 5. The van der Waals surface area contributed by atoms with Crippen molar-refractivity contribution in [1.82, 2.24) is 5.32 Å². The summed E-state index contributed by atoms with van der Waals surface area (Å²) >= 11 is 1.49. The molecule has 3 aliphatic carbocycles. The lowest BCUT2D eigenvalue weighted by atomic mass is 9.76. The van der Waals surface area contributed by atoms with Crippen molar-refractivity contribution in [3.05, 3.63) is 27.2 Å². The van der Waals surface area contributed by atoms with Crippen molar-refractivity contribution in [3.8, 4) is 0 Å². The third kappa shape index (κ3) is 4.17. The Morgan fingerprint density at radius 2 is 1.67 bits per heavy atom. The quantitative estimate of drug-likeness (QED) is 0.612. The molecule has 30 heavy (non-hydrogen) atoms. The van der Waals surface area contributed by atoms with Crippen LogP contribution in [-0.2, 0) is 22.4 Å². The van der Waals surface area contributed by atoms with Crippen LogP contribution in [-0.4, -0.2) is 28.9 Å². The Labute approximate surface area is 181 Å². The van der Waals surface area contributed by atoms with Crippen molar-refractivity contribution >= 4 is 34.1 Å². The maximum absolute atomic E-state index is 13.2. The molecule has 0 radical (unpaired) electrons. The van der Waals surface area contributed by atoms with Gasteiger partial charge in [-0.25, -0.2) is 0 Å².